The smallest absolute Gasteiger partial charge is 0.266 e. The molecular weight excluding hydrogens is 391 g/mol. The average Bonchev–Trinajstić information content (AvgIpc) is 2.65. The van der Waals surface area contributed by atoms with Crippen LogP contribution in [0.1, 0.15) is 12.0 Å². The minimum atomic E-state index is -0.129. The molecule has 0 bridgehead atoms. The van der Waals surface area contributed by atoms with E-state index in [0.29, 0.717) is 33.2 Å². The van der Waals surface area contributed by atoms with E-state index in [4.69, 9.17) is 27.9 Å². The van der Waals surface area contributed by atoms with Crippen molar-refractivity contribution in [2.45, 2.75) is 13.3 Å². The minimum Gasteiger partial charge on any atom is -0.484 e. The third-order valence-electron chi connectivity index (χ3n) is 3.85. The first kappa shape index (κ1) is 19.1. The summed E-state index contributed by atoms with van der Waals surface area (Å²) in [5, 5.41) is 1.89. The highest BCUT2D eigenvalue weighted by Crippen LogP contribution is 2.28. The molecule has 0 saturated carbocycles. The third-order valence-corrected chi connectivity index (χ3v) is 5.66. The summed E-state index contributed by atoms with van der Waals surface area (Å²) in [4.78, 5) is 18.9. The molecule has 1 saturated heterocycles. The fourth-order valence-electron chi connectivity index (χ4n) is 2.46. The van der Waals surface area contributed by atoms with E-state index in [1.54, 1.807) is 34.9 Å². The zero-order valence-electron chi connectivity index (χ0n) is 14.2. The number of amides is 1. The number of benzene rings is 2. The predicted molar refractivity (Wildman–Crippen MR) is 109 cm³/mol. The molecule has 1 aliphatic rings. The normalized spacial score (nSPS) is 16.0. The quantitative estimate of drug-likeness (QED) is 0.685. The number of rotatable bonds is 4. The number of aliphatic imine (C=N–C) groups is 1. The van der Waals surface area contributed by atoms with Crippen molar-refractivity contribution >= 4 is 51.7 Å². The summed E-state index contributed by atoms with van der Waals surface area (Å²) >= 11 is 13.8. The lowest BCUT2D eigenvalue weighted by Gasteiger charge is -2.27. The Morgan fingerprint density at radius 1 is 1.23 bits per heavy atom. The molecule has 1 fully saturated rings. The number of carbonyl (C=O) groups is 1. The maximum Gasteiger partial charge on any atom is 0.266 e. The van der Waals surface area contributed by atoms with E-state index in [1.165, 1.54) is 0 Å². The Labute approximate surface area is 167 Å². The molecule has 136 valence electrons. The van der Waals surface area contributed by atoms with Crippen molar-refractivity contribution in [3.63, 3.8) is 0 Å². The molecule has 0 atom stereocenters. The van der Waals surface area contributed by atoms with Crippen molar-refractivity contribution in [2.75, 3.05) is 18.9 Å². The van der Waals surface area contributed by atoms with Crippen LogP contribution >= 0.6 is 35.0 Å². The number of para-hydroxylation sites is 1. The molecule has 0 unspecified atom stereocenters. The molecule has 2 aromatic carbocycles. The van der Waals surface area contributed by atoms with Crippen LogP contribution < -0.4 is 4.74 Å². The second kappa shape index (κ2) is 8.80. The van der Waals surface area contributed by atoms with Crippen LogP contribution in [0.4, 0.5) is 5.69 Å². The number of carbonyl (C=O) groups excluding carboxylic acids is 1. The third kappa shape index (κ3) is 4.72. The van der Waals surface area contributed by atoms with Crippen molar-refractivity contribution in [3.05, 3.63) is 58.1 Å². The van der Waals surface area contributed by atoms with Gasteiger partial charge in [0.2, 0.25) is 0 Å². The van der Waals surface area contributed by atoms with Gasteiger partial charge in [0.05, 0.1) is 10.7 Å². The number of amidine groups is 1. The van der Waals surface area contributed by atoms with Gasteiger partial charge in [-0.2, -0.15) is 0 Å². The zero-order valence-corrected chi connectivity index (χ0v) is 16.6. The fraction of sp³-hybridized carbons (Fsp3) is 0.263. The Morgan fingerprint density at radius 3 is 2.81 bits per heavy atom. The van der Waals surface area contributed by atoms with E-state index in [2.05, 4.69) is 4.99 Å². The lowest BCUT2D eigenvalue weighted by molar-refractivity contribution is -0.129. The van der Waals surface area contributed by atoms with Gasteiger partial charge in [-0.15, -0.1) is 0 Å². The molecule has 0 aromatic heterocycles. The van der Waals surface area contributed by atoms with Crippen molar-refractivity contribution in [2.24, 2.45) is 4.99 Å². The van der Waals surface area contributed by atoms with Gasteiger partial charge < -0.3 is 4.74 Å². The van der Waals surface area contributed by atoms with E-state index in [9.17, 15) is 4.79 Å². The summed E-state index contributed by atoms with van der Waals surface area (Å²) < 4.78 is 5.64. The Bertz CT molecular complexity index is 842. The second-order valence-corrected chi connectivity index (χ2v) is 7.67. The SMILES string of the molecule is Cc1cc(OCC(=O)N2CCCSC2=Nc2ccccc2Cl)ccc1Cl. The zero-order chi connectivity index (χ0) is 18.5. The number of ether oxygens (including phenoxy) is 1. The summed E-state index contributed by atoms with van der Waals surface area (Å²) in [5.74, 6) is 1.41. The summed E-state index contributed by atoms with van der Waals surface area (Å²) in [6.45, 7) is 2.47. The predicted octanol–water partition coefficient (Wildman–Crippen LogP) is 5.33. The van der Waals surface area contributed by atoms with E-state index in [0.717, 1.165) is 17.7 Å². The lowest BCUT2D eigenvalue weighted by atomic mass is 10.2. The molecule has 0 aliphatic carbocycles. The van der Waals surface area contributed by atoms with Gasteiger partial charge in [0.25, 0.3) is 5.91 Å². The first-order valence-corrected chi connectivity index (χ1v) is 9.94. The van der Waals surface area contributed by atoms with Gasteiger partial charge in [0.1, 0.15) is 5.75 Å². The standard InChI is InChI=1S/C19H18Cl2N2O2S/c1-13-11-14(7-8-15(13)20)25-12-18(24)23-9-4-10-26-19(23)22-17-6-3-2-5-16(17)21/h2-3,5-8,11H,4,9-10,12H2,1H3. The summed E-state index contributed by atoms with van der Waals surface area (Å²) in [5.41, 5.74) is 1.57. The topological polar surface area (TPSA) is 41.9 Å². The highest BCUT2D eigenvalue weighted by atomic mass is 35.5. The number of hydrogen-bond acceptors (Lipinski definition) is 4. The summed E-state index contributed by atoms with van der Waals surface area (Å²) in [7, 11) is 0. The molecular formula is C19H18Cl2N2O2S. The monoisotopic (exact) mass is 408 g/mol. The maximum absolute atomic E-state index is 12.7. The highest BCUT2D eigenvalue weighted by molar-refractivity contribution is 8.13. The number of aryl methyl sites for hydroxylation is 1. The van der Waals surface area contributed by atoms with Crippen LogP contribution in [0.2, 0.25) is 10.0 Å². The highest BCUT2D eigenvalue weighted by Gasteiger charge is 2.24. The van der Waals surface area contributed by atoms with Crippen molar-refractivity contribution < 1.29 is 9.53 Å². The molecule has 2 aromatic rings. The number of thioether (sulfide) groups is 1. The fourth-order valence-corrected chi connectivity index (χ4v) is 3.72. The van der Waals surface area contributed by atoms with Crippen LogP contribution in [0.3, 0.4) is 0 Å². The van der Waals surface area contributed by atoms with E-state index in [1.807, 2.05) is 31.2 Å². The van der Waals surface area contributed by atoms with E-state index < -0.39 is 0 Å². The van der Waals surface area contributed by atoms with Gasteiger partial charge in [0.15, 0.2) is 11.8 Å². The molecule has 4 nitrogen and oxygen atoms in total. The van der Waals surface area contributed by atoms with E-state index in [-0.39, 0.29) is 12.5 Å². The van der Waals surface area contributed by atoms with Gasteiger partial charge in [-0.05, 0) is 49.2 Å². The Hall–Kier alpha value is -1.69. The van der Waals surface area contributed by atoms with Gasteiger partial charge in [-0.25, -0.2) is 4.99 Å². The van der Waals surface area contributed by atoms with E-state index >= 15 is 0 Å². The first-order chi connectivity index (χ1) is 12.5. The molecule has 1 heterocycles. The molecule has 0 N–H and O–H groups in total. The van der Waals surface area contributed by atoms with Crippen LogP contribution in [0, 0.1) is 6.92 Å². The van der Waals surface area contributed by atoms with Crippen LogP contribution in [0.15, 0.2) is 47.5 Å². The van der Waals surface area contributed by atoms with Crippen LogP contribution in [-0.2, 0) is 4.79 Å². The number of halogens is 2. The van der Waals surface area contributed by atoms with Crippen molar-refractivity contribution in [3.8, 4) is 5.75 Å². The van der Waals surface area contributed by atoms with Gasteiger partial charge in [0, 0.05) is 17.3 Å². The first-order valence-electron chi connectivity index (χ1n) is 8.20. The van der Waals surface area contributed by atoms with Gasteiger partial charge >= 0.3 is 0 Å². The summed E-state index contributed by atoms with van der Waals surface area (Å²) in [6.07, 6.45) is 0.915. The van der Waals surface area contributed by atoms with Crippen molar-refractivity contribution in [1.29, 1.82) is 0 Å². The van der Waals surface area contributed by atoms with Gasteiger partial charge in [-0.3, -0.25) is 9.69 Å². The van der Waals surface area contributed by atoms with Crippen LogP contribution in [0.25, 0.3) is 0 Å². The maximum atomic E-state index is 12.7. The average molecular weight is 409 g/mol. The molecule has 1 aliphatic heterocycles. The Balaban J connectivity index is 1.71. The molecule has 3 rings (SSSR count). The molecule has 7 heteroatoms. The minimum absolute atomic E-state index is 0.0524. The number of hydrogen-bond donors (Lipinski definition) is 0. The Kier molecular flexibility index (Phi) is 6.46. The largest absolute Gasteiger partial charge is 0.484 e. The van der Waals surface area contributed by atoms with Crippen molar-refractivity contribution in [1.82, 2.24) is 4.90 Å². The van der Waals surface area contributed by atoms with Crippen LogP contribution in [0.5, 0.6) is 5.75 Å². The van der Waals surface area contributed by atoms with Crippen LogP contribution in [-0.4, -0.2) is 34.9 Å². The summed E-state index contributed by atoms with van der Waals surface area (Å²) in [6, 6.07) is 12.7. The Morgan fingerprint density at radius 2 is 2.04 bits per heavy atom. The second-order valence-electron chi connectivity index (χ2n) is 5.79. The number of nitrogens with zero attached hydrogens (tertiary/aromatic N) is 2. The molecule has 1 amide bonds. The molecule has 0 spiro atoms. The lowest BCUT2D eigenvalue weighted by Crippen LogP contribution is -2.41. The van der Waals surface area contributed by atoms with Gasteiger partial charge in [-0.1, -0.05) is 47.1 Å². The molecule has 0 radical (unpaired) electrons. The molecule has 26 heavy (non-hydrogen) atoms.